The second-order valence-electron chi connectivity index (χ2n) is 5.15. The second-order valence-corrected chi connectivity index (χ2v) is 5.15. The first-order valence-corrected chi connectivity index (χ1v) is 6.61. The Hall–Kier alpha value is -2.39. The maximum Gasteiger partial charge on any atom is 0.130 e. The predicted octanol–water partition coefficient (Wildman–Crippen LogP) is 4.21. The lowest BCUT2D eigenvalue weighted by atomic mass is 10.0. The van der Waals surface area contributed by atoms with Crippen LogP contribution in [-0.2, 0) is 12.8 Å². The zero-order valence-corrected chi connectivity index (χ0v) is 11.7. The van der Waals surface area contributed by atoms with Gasteiger partial charge in [0.1, 0.15) is 12.1 Å². The second kappa shape index (κ2) is 6.68. The van der Waals surface area contributed by atoms with Crippen molar-refractivity contribution < 1.29 is 0 Å². The van der Waals surface area contributed by atoms with Crippen LogP contribution in [0.5, 0.6) is 0 Å². The van der Waals surface area contributed by atoms with Crippen molar-refractivity contribution in [3.8, 4) is 0 Å². The van der Waals surface area contributed by atoms with Gasteiger partial charge in [-0.1, -0.05) is 38.1 Å². The number of benzene rings is 1. The summed E-state index contributed by atoms with van der Waals surface area (Å²) in [4.78, 5) is 10.8. The van der Waals surface area contributed by atoms with Crippen LogP contribution < -0.4 is 0 Å². The third-order valence-corrected chi connectivity index (χ3v) is 2.91. The number of hydrogen-bond donors (Lipinski definition) is 0. The molecule has 0 radical (unpaired) electrons. The normalized spacial score (nSPS) is 10.3. The third-order valence-electron chi connectivity index (χ3n) is 2.91. The highest BCUT2D eigenvalue weighted by Crippen LogP contribution is 2.14. The van der Waals surface area contributed by atoms with Crippen LogP contribution in [-0.4, -0.2) is 9.97 Å². The van der Waals surface area contributed by atoms with Crippen molar-refractivity contribution in [2.24, 2.45) is 11.0 Å². The minimum Gasteiger partial charge on any atom is -0.241 e. The fourth-order valence-electron chi connectivity index (χ4n) is 2.06. The van der Waals surface area contributed by atoms with Gasteiger partial charge in [-0.2, -0.15) is 0 Å². The molecule has 0 spiro atoms. The molecule has 20 heavy (non-hydrogen) atoms. The average Bonchev–Trinajstić information content (AvgIpc) is 2.41. The summed E-state index contributed by atoms with van der Waals surface area (Å²) in [6.45, 7) is 4.43. The van der Waals surface area contributed by atoms with E-state index >= 15 is 0 Å². The first-order chi connectivity index (χ1) is 9.67. The molecule has 0 bridgehead atoms. The van der Waals surface area contributed by atoms with Gasteiger partial charge in [0.25, 0.3) is 0 Å². The molecule has 0 amide bonds. The number of azide groups is 1. The molecule has 1 aromatic carbocycles. The highest BCUT2D eigenvalue weighted by Gasteiger charge is 2.01. The van der Waals surface area contributed by atoms with Crippen LogP contribution in [0.2, 0.25) is 0 Å². The quantitative estimate of drug-likeness (QED) is 0.462. The Balaban J connectivity index is 2.09. The zero-order valence-electron chi connectivity index (χ0n) is 11.7. The summed E-state index contributed by atoms with van der Waals surface area (Å²) in [5, 5.41) is 3.49. The summed E-state index contributed by atoms with van der Waals surface area (Å²) in [6, 6.07) is 10.3. The molecule has 5 heteroatoms. The summed E-state index contributed by atoms with van der Waals surface area (Å²) in [5.74, 6) is 1.02. The topological polar surface area (TPSA) is 74.5 Å². The molecule has 0 N–H and O–H groups in total. The molecule has 0 atom stereocenters. The van der Waals surface area contributed by atoms with Crippen molar-refractivity contribution in [1.29, 1.82) is 0 Å². The summed E-state index contributed by atoms with van der Waals surface area (Å²) >= 11 is 0. The molecule has 102 valence electrons. The largest absolute Gasteiger partial charge is 0.241 e. The number of hydrogen-bond acceptors (Lipinski definition) is 3. The lowest BCUT2D eigenvalue weighted by molar-refractivity contribution is 0.647. The molecular formula is C15H17N5. The maximum absolute atomic E-state index is 8.40. The first-order valence-electron chi connectivity index (χ1n) is 6.61. The molecule has 5 nitrogen and oxygen atoms in total. The van der Waals surface area contributed by atoms with Gasteiger partial charge in [-0.3, -0.25) is 0 Å². The molecule has 0 fully saturated rings. The SMILES string of the molecule is CC(C)Cc1ccc(Cc2cc(N=[N+]=[N-])ncn2)cc1. The lowest BCUT2D eigenvalue weighted by Gasteiger charge is -2.06. The Bertz CT molecular complexity index is 612. The fourth-order valence-corrected chi connectivity index (χ4v) is 2.06. The van der Waals surface area contributed by atoms with Crippen molar-refractivity contribution in [1.82, 2.24) is 9.97 Å². The molecule has 0 aliphatic heterocycles. The molecule has 1 aromatic heterocycles. The van der Waals surface area contributed by atoms with E-state index in [-0.39, 0.29) is 0 Å². The van der Waals surface area contributed by atoms with Crippen molar-refractivity contribution in [3.05, 3.63) is 63.9 Å². The predicted molar refractivity (Wildman–Crippen MR) is 78.6 cm³/mol. The fraction of sp³-hybridized carbons (Fsp3) is 0.333. The highest BCUT2D eigenvalue weighted by molar-refractivity contribution is 5.31. The Morgan fingerprint density at radius 3 is 2.50 bits per heavy atom. The molecular weight excluding hydrogens is 250 g/mol. The van der Waals surface area contributed by atoms with Crippen molar-refractivity contribution >= 4 is 5.82 Å². The van der Waals surface area contributed by atoms with Gasteiger partial charge in [0.15, 0.2) is 0 Å². The van der Waals surface area contributed by atoms with E-state index < -0.39 is 0 Å². The van der Waals surface area contributed by atoms with Crippen molar-refractivity contribution in [2.75, 3.05) is 0 Å². The van der Waals surface area contributed by atoms with Gasteiger partial charge in [-0.05, 0) is 40.2 Å². The van der Waals surface area contributed by atoms with Crippen LogP contribution in [0, 0.1) is 5.92 Å². The van der Waals surface area contributed by atoms with Gasteiger partial charge >= 0.3 is 0 Å². The summed E-state index contributed by atoms with van der Waals surface area (Å²) in [7, 11) is 0. The number of aromatic nitrogens is 2. The van der Waals surface area contributed by atoms with Gasteiger partial charge in [0, 0.05) is 17.0 Å². The van der Waals surface area contributed by atoms with E-state index in [1.165, 1.54) is 17.5 Å². The van der Waals surface area contributed by atoms with E-state index in [9.17, 15) is 0 Å². The van der Waals surface area contributed by atoms with E-state index in [0.29, 0.717) is 18.2 Å². The molecule has 1 heterocycles. The van der Waals surface area contributed by atoms with Gasteiger partial charge in [-0.25, -0.2) is 9.97 Å². The first kappa shape index (κ1) is 14.0. The third kappa shape index (κ3) is 4.07. The molecule has 0 saturated heterocycles. The van der Waals surface area contributed by atoms with E-state index in [0.717, 1.165) is 12.1 Å². The van der Waals surface area contributed by atoms with Crippen LogP contribution in [0.25, 0.3) is 10.4 Å². The molecule has 2 rings (SSSR count). The van der Waals surface area contributed by atoms with Crippen LogP contribution in [0.4, 0.5) is 5.82 Å². The Morgan fingerprint density at radius 2 is 1.85 bits per heavy atom. The molecule has 0 aliphatic carbocycles. The summed E-state index contributed by atoms with van der Waals surface area (Å²) in [6.07, 6.45) is 3.22. The maximum atomic E-state index is 8.40. The van der Waals surface area contributed by atoms with E-state index in [2.05, 4.69) is 58.1 Å². The highest BCUT2D eigenvalue weighted by atomic mass is 15.2. The average molecular weight is 267 g/mol. The van der Waals surface area contributed by atoms with E-state index in [1.807, 2.05) is 0 Å². The van der Waals surface area contributed by atoms with Gasteiger partial charge < -0.3 is 0 Å². The summed E-state index contributed by atoms with van der Waals surface area (Å²) < 4.78 is 0. The van der Waals surface area contributed by atoms with Crippen molar-refractivity contribution in [2.45, 2.75) is 26.7 Å². The van der Waals surface area contributed by atoms with E-state index in [1.54, 1.807) is 6.07 Å². The van der Waals surface area contributed by atoms with Gasteiger partial charge in [-0.15, -0.1) is 0 Å². The lowest BCUT2D eigenvalue weighted by Crippen LogP contribution is -1.96. The summed E-state index contributed by atoms with van der Waals surface area (Å²) in [5.41, 5.74) is 11.8. The van der Waals surface area contributed by atoms with Crippen LogP contribution in [0.15, 0.2) is 41.8 Å². The minimum absolute atomic E-state index is 0.355. The Labute approximate surface area is 118 Å². The molecule has 0 unspecified atom stereocenters. The van der Waals surface area contributed by atoms with Crippen LogP contribution in [0.1, 0.15) is 30.7 Å². The molecule has 0 saturated carbocycles. The Kier molecular flexibility index (Phi) is 4.69. The zero-order chi connectivity index (χ0) is 14.4. The van der Waals surface area contributed by atoms with Crippen LogP contribution in [0.3, 0.4) is 0 Å². The van der Waals surface area contributed by atoms with Crippen molar-refractivity contribution in [3.63, 3.8) is 0 Å². The Morgan fingerprint density at radius 1 is 1.15 bits per heavy atom. The van der Waals surface area contributed by atoms with Gasteiger partial charge in [0.2, 0.25) is 0 Å². The smallest absolute Gasteiger partial charge is 0.130 e. The minimum atomic E-state index is 0.355. The molecule has 0 aliphatic rings. The number of rotatable bonds is 5. The van der Waals surface area contributed by atoms with E-state index in [4.69, 9.17) is 5.53 Å². The molecule has 2 aromatic rings. The standard InChI is InChI=1S/C15H17N5/c1-11(2)7-12-3-5-13(6-4-12)8-14-9-15(19-20-16)18-10-17-14/h3-6,9-11H,7-8H2,1-2H3. The number of nitrogens with zero attached hydrogens (tertiary/aromatic N) is 5. The van der Waals surface area contributed by atoms with Gasteiger partial charge in [0.05, 0.1) is 0 Å². The monoisotopic (exact) mass is 267 g/mol. The van der Waals surface area contributed by atoms with Crippen LogP contribution >= 0.6 is 0 Å².